The van der Waals surface area contributed by atoms with Crippen LogP contribution < -0.4 is 4.70 Å². The van der Waals surface area contributed by atoms with Crippen molar-refractivity contribution in [3.63, 3.8) is 0 Å². The Bertz CT molecular complexity index is 122. The molecule has 0 spiro atoms. The smallest absolute Gasteiger partial charge is 0.0594 e. The van der Waals surface area contributed by atoms with E-state index in [2.05, 4.69) is 27.7 Å². The highest BCUT2D eigenvalue weighted by Crippen LogP contribution is 2.61. The molecule has 0 aliphatic carbocycles. The highest BCUT2D eigenvalue weighted by molar-refractivity contribution is 7.75. The van der Waals surface area contributed by atoms with E-state index in [0.29, 0.717) is 0 Å². The van der Waals surface area contributed by atoms with Gasteiger partial charge in [0.25, 0.3) is 0 Å². The largest absolute Gasteiger partial charge is 1.00 e. The monoisotopic (exact) mass is 278 g/mol. The van der Waals surface area contributed by atoms with E-state index in [-0.39, 0.29) is 4.70 Å². The normalized spacial score (nSPS) is 11.3. The summed E-state index contributed by atoms with van der Waals surface area (Å²) in [6.07, 6.45) is 17.9. The van der Waals surface area contributed by atoms with E-state index in [1.54, 1.807) is 24.6 Å². The molecule has 0 bridgehead atoms. The van der Waals surface area contributed by atoms with Crippen molar-refractivity contribution in [3.05, 3.63) is 0 Å². The Morgan fingerprint density at radius 3 is 0.889 bits per heavy atom. The van der Waals surface area contributed by atoms with Gasteiger partial charge >= 0.3 is 0 Å². The van der Waals surface area contributed by atoms with Gasteiger partial charge < -0.3 is 4.70 Å². The van der Waals surface area contributed by atoms with Crippen molar-refractivity contribution in [2.75, 3.05) is 24.6 Å². The first-order chi connectivity index (χ1) is 8.24. The van der Waals surface area contributed by atoms with Gasteiger partial charge in [-0.2, -0.15) is 0 Å². The van der Waals surface area contributed by atoms with Crippen LogP contribution in [0.25, 0.3) is 0 Å². The zero-order valence-corrected chi connectivity index (χ0v) is 14.2. The van der Waals surface area contributed by atoms with Crippen LogP contribution in [0.4, 0.5) is 0 Å². The molecule has 0 saturated heterocycles. The summed E-state index contributed by atoms with van der Waals surface area (Å²) in [5, 5.41) is 0. The van der Waals surface area contributed by atoms with Gasteiger partial charge in [-0.1, -0.05) is 53.4 Å². The molecule has 0 rings (SSSR count). The topological polar surface area (TPSA) is 0 Å². The maximum atomic E-state index is 2.36. The van der Waals surface area contributed by atoms with Crippen molar-refractivity contribution in [1.82, 2.24) is 0 Å². The maximum Gasteiger partial charge on any atom is 0.0594 e. The van der Waals surface area contributed by atoms with Crippen LogP contribution in [-0.4, -0.2) is 24.6 Å². The van der Waals surface area contributed by atoms with Crippen LogP contribution in [0.2, 0.25) is 0 Å². The Labute approximate surface area is 116 Å². The van der Waals surface area contributed by atoms with E-state index in [0.717, 1.165) is 0 Å². The van der Waals surface area contributed by atoms with Gasteiger partial charge in [-0.15, -0.1) is 0 Å². The maximum absolute atomic E-state index is 2.36. The standard InChI is InChI=1S/C16H36P.FH/c1-5-9-13-17(14-10-6-2,15-11-7-3)16-12-8-4;/h5-16H2,1-4H3;1H/q+1;/p-1. The Morgan fingerprint density at radius 1 is 0.500 bits per heavy atom. The van der Waals surface area contributed by atoms with Gasteiger partial charge in [-0.25, -0.2) is 0 Å². The van der Waals surface area contributed by atoms with Crippen LogP contribution in [-0.2, 0) is 0 Å². The summed E-state index contributed by atoms with van der Waals surface area (Å²) in [5.74, 6) is 0. The second-order valence-corrected chi connectivity index (χ2v) is 10.1. The minimum atomic E-state index is -0.562. The molecule has 18 heavy (non-hydrogen) atoms. The van der Waals surface area contributed by atoms with Crippen LogP contribution in [0.1, 0.15) is 79.1 Å². The van der Waals surface area contributed by atoms with Gasteiger partial charge in [0.2, 0.25) is 0 Å². The van der Waals surface area contributed by atoms with Crippen molar-refractivity contribution in [2.45, 2.75) is 79.1 Å². The van der Waals surface area contributed by atoms with Crippen molar-refractivity contribution < 1.29 is 4.70 Å². The lowest BCUT2D eigenvalue weighted by Crippen LogP contribution is -3.00. The molecule has 0 atom stereocenters. The lowest BCUT2D eigenvalue weighted by molar-refractivity contribution is -0.00000402. The molecule has 0 aliphatic rings. The molecule has 0 heterocycles. The van der Waals surface area contributed by atoms with Gasteiger partial charge in [0.15, 0.2) is 0 Å². The second-order valence-electron chi connectivity index (χ2n) is 5.65. The van der Waals surface area contributed by atoms with Gasteiger partial charge in [-0.05, 0) is 25.7 Å². The van der Waals surface area contributed by atoms with Crippen LogP contribution in [0.15, 0.2) is 0 Å². The molecule has 0 nitrogen and oxygen atoms in total. The molecule has 0 unspecified atom stereocenters. The van der Waals surface area contributed by atoms with Gasteiger partial charge in [0, 0.05) is 7.26 Å². The quantitative estimate of drug-likeness (QED) is 0.481. The minimum absolute atomic E-state index is 0. The summed E-state index contributed by atoms with van der Waals surface area (Å²) in [6.45, 7) is 9.42. The lowest BCUT2D eigenvalue weighted by atomic mass is 10.4. The number of hydrogen-bond donors (Lipinski definition) is 0. The summed E-state index contributed by atoms with van der Waals surface area (Å²) >= 11 is 0. The van der Waals surface area contributed by atoms with Crippen molar-refractivity contribution in [2.24, 2.45) is 0 Å². The predicted octanol–water partition coefficient (Wildman–Crippen LogP) is 3.21. The zero-order chi connectivity index (χ0) is 13.0. The summed E-state index contributed by atoms with van der Waals surface area (Å²) in [6, 6.07) is 0. The summed E-state index contributed by atoms with van der Waals surface area (Å²) in [7, 11) is -0.562. The third kappa shape index (κ3) is 9.31. The highest BCUT2D eigenvalue weighted by Gasteiger charge is 2.34. The first-order valence-electron chi connectivity index (χ1n) is 8.09. The Kier molecular flexibility index (Phi) is 15.8. The highest BCUT2D eigenvalue weighted by atomic mass is 31.2. The predicted molar refractivity (Wildman–Crippen MR) is 86.0 cm³/mol. The number of hydrogen-bond acceptors (Lipinski definition) is 0. The molecule has 0 aromatic carbocycles. The van der Waals surface area contributed by atoms with Gasteiger partial charge in [0.05, 0.1) is 24.6 Å². The van der Waals surface area contributed by atoms with Crippen LogP contribution in [0.3, 0.4) is 0 Å². The molecule has 0 aromatic rings. The fourth-order valence-electron chi connectivity index (χ4n) is 2.64. The Morgan fingerprint density at radius 2 is 0.722 bits per heavy atom. The molecule has 112 valence electrons. The van der Waals surface area contributed by atoms with E-state index in [1.807, 2.05) is 0 Å². The van der Waals surface area contributed by atoms with Gasteiger partial charge in [0.1, 0.15) is 0 Å². The number of unbranched alkanes of at least 4 members (excludes halogenated alkanes) is 4. The zero-order valence-electron chi connectivity index (χ0n) is 13.3. The molecular weight excluding hydrogens is 242 g/mol. The molecule has 0 fully saturated rings. The summed E-state index contributed by atoms with van der Waals surface area (Å²) < 4.78 is 0. The Balaban J connectivity index is 0. The molecule has 0 saturated carbocycles. The van der Waals surface area contributed by atoms with E-state index in [1.165, 1.54) is 51.4 Å². The molecule has 0 amide bonds. The minimum Gasteiger partial charge on any atom is -1.00 e. The first kappa shape index (κ1) is 20.7. The van der Waals surface area contributed by atoms with Crippen molar-refractivity contribution in [3.8, 4) is 0 Å². The number of rotatable bonds is 12. The number of halogens is 1. The van der Waals surface area contributed by atoms with E-state index < -0.39 is 7.26 Å². The average Bonchev–Trinajstić information content (AvgIpc) is 2.37. The molecule has 0 aromatic heterocycles. The van der Waals surface area contributed by atoms with Crippen molar-refractivity contribution >= 4 is 7.26 Å². The second kappa shape index (κ2) is 13.8. The van der Waals surface area contributed by atoms with Gasteiger partial charge in [-0.3, -0.25) is 0 Å². The average molecular weight is 278 g/mol. The SMILES string of the molecule is CCCC[P+](CCCC)(CCCC)CCCC.[F-]. The third-order valence-electron chi connectivity index (χ3n) is 3.94. The van der Waals surface area contributed by atoms with E-state index in [9.17, 15) is 0 Å². The molecule has 0 radical (unpaired) electrons. The molecule has 2 heteroatoms. The fraction of sp³-hybridized carbons (Fsp3) is 1.00. The molecule has 0 aliphatic heterocycles. The van der Waals surface area contributed by atoms with Crippen molar-refractivity contribution in [1.29, 1.82) is 0 Å². The first-order valence-corrected chi connectivity index (χ1v) is 10.6. The van der Waals surface area contributed by atoms with E-state index in [4.69, 9.17) is 0 Å². The summed E-state index contributed by atoms with van der Waals surface area (Å²) in [5.41, 5.74) is 0. The summed E-state index contributed by atoms with van der Waals surface area (Å²) in [4.78, 5) is 0. The fourth-order valence-corrected chi connectivity index (χ4v) is 7.93. The van der Waals surface area contributed by atoms with Crippen LogP contribution in [0, 0.1) is 0 Å². The lowest BCUT2D eigenvalue weighted by Gasteiger charge is -2.28. The Hall–Kier alpha value is 0.360. The molecular formula is C16H36FP. The molecule has 0 N–H and O–H groups in total. The third-order valence-corrected chi connectivity index (χ3v) is 9.00. The van der Waals surface area contributed by atoms with Crippen LogP contribution >= 0.6 is 7.26 Å². The van der Waals surface area contributed by atoms with E-state index >= 15 is 0 Å². The van der Waals surface area contributed by atoms with Crippen LogP contribution in [0.5, 0.6) is 0 Å².